The number of nitrogens with two attached hydrogens (primary N) is 2. The van der Waals surface area contributed by atoms with Crippen LogP contribution in [-0.2, 0) is 24.0 Å². The normalized spacial score (nSPS) is 15.5. The number of carbonyl (C=O) groups excluding carboxylic acids is 3. The Morgan fingerprint density at radius 3 is 1.84 bits per heavy atom. The van der Waals surface area contributed by atoms with Crippen LogP contribution >= 0.6 is 0 Å². The lowest BCUT2D eigenvalue weighted by Gasteiger charge is -2.24. The highest BCUT2D eigenvalue weighted by atomic mass is 16.4. The van der Waals surface area contributed by atoms with Gasteiger partial charge in [0.1, 0.15) is 24.2 Å². The van der Waals surface area contributed by atoms with Crippen LogP contribution in [0.1, 0.15) is 39.0 Å². The van der Waals surface area contributed by atoms with E-state index in [4.69, 9.17) is 16.6 Å². The van der Waals surface area contributed by atoms with Crippen molar-refractivity contribution in [3.8, 4) is 0 Å². The van der Waals surface area contributed by atoms with Crippen LogP contribution in [0.2, 0.25) is 0 Å². The van der Waals surface area contributed by atoms with Gasteiger partial charge in [-0.2, -0.15) is 0 Å². The predicted molar refractivity (Wildman–Crippen MR) is 110 cm³/mol. The van der Waals surface area contributed by atoms with Crippen LogP contribution in [0, 0.1) is 0 Å². The number of nitrogens with one attached hydrogen (secondary N) is 3. The van der Waals surface area contributed by atoms with Gasteiger partial charge in [-0.3, -0.25) is 19.2 Å². The van der Waals surface area contributed by atoms with Gasteiger partial charge in [-0.1, -0.05) is 0 Å². The molecule has 14 nitrogen and oxygen atoms in total. The second kappa shape index (κ2) is 15.1. The van der Waals surface area contributed by atoms with E-state index in [2.05, 4.69) is 16.0 Å². The zero-order chi connectivity index (χ0) is 24.8. The fraction of sp³-hybridized carbons (Fsp3) is 0.722. The lowest BCUT2D eigenvalue weighted by atomic mass is 10.1. The fourth-order valence-corrected chi connectivity index (χ4v) is 2.51. The molecule has 0 rings (SSSR count). The number of hydrogen-bond acceptors (Lipinski definition) is 9. The molecule has 3 amide bonds. The van der Waals surface area contributed by atoms with Crippen LogP contribution in [0.15, 0.2) is 0 Å². The van der Waals surface area contributed by atoms with Crippen molar-refractivity contribution < 1.29 is 44.4 Å². The molecule has 0 aromatic heterocycles. The Kier molecular flexibility index (Phi) is 13.7. The summed E-state index contributed by atoms with van der Waals surface area (Å²) in [6.07, 6.45) is -1.11. The van der Waals surface area contributed by atoms with E-state index in [1.54, 1.807) is 0 Å². The lowest BCUT2D eigenvalue weighted by Crippen LogP contribution is -2.59. The first kappa shape index (κ1) is 29.2. The van der Waals surface area contributed by atoms with Crippen molar-refractivity contribution in [3.05, 3.63) is 0 Å². The smallest absolute Gasteiger partial charge is 0.326 e. The molecule has 0 aliphatic rings. The van der Waals surface area contributed by atoms with Gasteiger partial charge >= 0.3 is 11.9 Å². The van der Waals surface area contributed by atoms with Crippen molar-refractivity contribution >= 4 is 29.7 Å². The fourth-order valence-electron chi connectivity index (χ4n) is 2.51. The highest BCUT2D eigenvalue weighted by Crippen LogP contribution is 2.05. The molecule has 11 N–H and O–H groups in total. The van der Waals surface area contributed by atoms with Gasteiger partial charge in [0.15, 0.2) is 0 Å². The second-order valence-electron chi connectivity index (χ2n) is 7.19. The minimum atomic E-state index is -1.55. The molecule has 5 atom stereocenters. The van der Waals surface area contributed by atoms with Crippen LogP contribution in [-0.4, -0.2) is 93.5 Å². The zero-order valence-electron chi connectivity index (χ0n) is 17.8. The molecule has 0 fully saturated rings. The van der Waals surface area contributed by atoms with Crippen molar-refractivity contribution in [2.24, 2.45) is 11.5 Å². The van der Waals surface area contributed by atoms with Gasteiger partial charge in [-0.25, -0.2) is 4.79 Å². The molecular formula is C18H33N5O9. The average Bonchev–Trinajstić information content (AvgIpc) is 2.72. The molecule has 0 aliphatic heterocycles. The number of aliphatic hydroxyl groups is 2. The first-order valence-electron chi connectivity index (χ1n) is 10.0. The molecule has 0 heterocycles. The molecule has 0 spiro atoms. The molecule has 14 heteroatoms. The van der Waals surface area contributed by atoms with Crippen molar-refractivity contribution in [1.82, 2.24) is 16.0 Å². The summed E-state index contributed by atoms with van der Waals surface area (Å²) < 4.78 is 0. The van der Waals surface area contributed by atoms with Crippen LogP contribution in [0.4, 0.5) is 0 Å². The SMILES string of the molecule is CC(O)C(N)C(=O)NC(CO)C(=O)NC(CCC(=O)O)C(=O)NC(CCCCN)C(=O)O. The molecule has 0 saturated heterocycles. The second-order valence-corrected chi connectivity index (χ2v) is 7.19. The first-order chi connectivity index (χ1) is 14.9. The third-order valence-electron chi connectivity index (χ3n) is 4.48. The highest BCUT2D eigenvalue weighted by molar-refractivity contribution is 5.94. The van der Waals surface area contributed by atoms with E-state index in [-0.39, 0.29) is 12.8 Å². The summed E-state index contributed by atoms with van der Waals surface area (Å²) in [6.45, 7) is 0.704. The van der Waals surface area contributed by atoms with Gasteiger partial charge in [0.05, 0.1) is 12.7 Å². The first-order valence-corrected chi connectivity index (χ1v) is 10.0. The van der Waals surface area contributed by atoms with Gasteiger partial charge < -0.3 is 47.8 Å². The molecule has 0 radical (unpaired) electrons. The number of amides is 3. The number of unbranched alkanes of at least 4 members (excludes halogenated alkanes) is 1. The van der Waals surface area contributed by atoms with Crippen molar-refractivity contribution in [1.29, 1.82) is 0 Å². The number of carboxylic acids is 2. The number of aliphatic hydroxyl groups excluding tert-OH is 2. The third-order valence-corrected chi connectivity index (χ3v) is 4.48. The summed E-state index contributed by atoms with van der Waals surface area (Å²) in [4.78, 5) is 59.2. The summed E-state index contributed by atoms with van der Waals surface area (Å²) in [6, 6.07) is -5.66. The van der Waals surface area contributed by atoms with Crippen LogP contribution in [0.25, 0.3) is 0 Å². The van der Waals surface area contributed by atoms with E-state index < -0.39 is 73.0 Å². The molecule has 32 heavy (non-hydrogen) atoms. The van der Waals surface area contributed by atoms with Crippen LogP contribution in [0.3, 0.4) is 0 Å². The monoisotopic (exact) mass is 463 g/mol. The Morgan fingerprint density at radius 2 is 1.38 bits per heavy atom. The topological polar surface area (TPSA) is 254 Å². The quantitative estimate of drug-likeness (QED) is 0.100. The van der Waals surface area contributed by atoms with Crippen LogP contribution < -0.4 is 27.4 Å². The van der Waals surface area contributed by atoms with Crippen molar-refractivity contribution in [2.45, 2.75) is 69.3 Å². The number of hydrogen-bond donors (Lipinski definition) is 9. The van der Waals surface area contributed by atoms with E-state index in [1.165, 1.54) is 6.92 Å². The summed E-state index contributed by atoms with van der Waals surface area (Å²) in [5.41, 5.74) is 10.8. The summed E-state index contributed by atoms with van der Waals surface area (Å²) in [7, 11) is 0. The molecule has 0 aliphatic carbocycles. The molecule has 0 aromatic rings. The van der Waals surface area contributed by atoms with Crippen molar-refractivity contribution in [2.75, 3.05) is 13.2 Å². The number of carbonyl (C=O) groups is 5. The maximum Gasteiger partial charge on any atom is 0.326 e. The molecule has 0 bridgehead atoms. The van der Waals surface area contributed by atoms with E-state index >= 15 is 0 Å². The van der Waals surface area contributed by atoms with Gasteiger partial charge in [0.2, 0.25) is 17.7 Å². The Bertz CT molecular complexity index is 659. The Hall–Kier alpha value is -2.81. The Balaban J connectivity index is 5.31. The minimum Gasteiger partial charge on any atom is -0.481 e. The van der Waals surface area contributed by atoms with Crippen LogP contribution in [0.5, 0.6) is 0 Å². The van der Waals surface area contributed by atoms with E-state index in [1.807, 2.05) is 0 Å². The van der Waals surface area contributed by atoms with Gasteiger partial charge in [-0.15, -0.1) is 0 Å². The van der Waals surface area contributed by atoms with Gasteiger partial charge in [0.25, 0.3) is 0 Å². The molecule has 0 aromatic carbocycles. The van der Waals surface area contributed by atoms with E-state index in [0.717, 1.165) is 0 Å². The Morgan fingerprint density at radius 1 is 0.844 bits per heavy atom. The van der Waals surface area contributed by atoms with Crippen molar-refractivity contribution in [3.63, 3.8) is 0 Å². The number of rotatable bonds is 16. The molecule has 184 valence electrons. The minimum absolute atomic E-state index is 0.0738. The predicted octanol–water partition coefficient (Wildman–Crippen LogP) is -3.78. The summed E-state index contributed by atoms with van der Waals surface area (Å²) >= 11 is 0. The third kappa shape index (κ3) is 11.0. The standard InChI is InChI=1S/C18H33N5O9/c1-9(25)14(20)17(30)23-12(8-24)16(29)21-10(5-6-13(26)27)15(28)22-11(18(31)32)4-2-3-7-19/h9-12,14,24-25H,2-8,19-20H2,1H3,(H,21,29)(H,22,28)(H,23,30)(H,26,27)(H,31,32). The average molecular weight is 463 g/mol. The van der Waals surface area contributed by atoms with E-state index in [0.29, 0.717) is 19.4 Å². The Labute approximate surface area is 184 Å². The number of aliphatic carboxylic acids is 2. The summed E-state index contributed by atoms with van der Waals surface area (Å²) in [5, 5.41) is 43.5. The lowest BCUT2D eigenvalue weighted by molar-refractivity contribution is -0.143. The van der Waals surface area contributed by atoms with Gasteiger partial charge in [0, 0.05) is 6.42 Å². The molecule has 5 unspecified atom stereocenters. The number of carboxylic acid groups (broad SMARTS) is 2. The largest absolute Gasteiger partial charge is 0.481 e. The summed E-state index contributed by atoms with van der Waals surface area (Å²) in [5.74, 6) is -5.48. The highest BCUT2D eigenvalue weighted by Gasteiger charge is 2.30. The van der Waals surface area contributed by atoms with Gasteiger partial charge in [-0.05, 0) is 39.2 Å². The molecular weight excluding hydrogens is 430 g/mol. The van der Waals surface area contributed by atoms with E-state index in [9.17, 15) is 39.3 Å². The maximum atomic E-state index is 12.6. The zero-order valence-corrected chi connectivity index (χ0v) is 17.8. The maximum absolute atomic E-state index is 12.6. The molecule has 0 saturated carbocycles.